The van der Waals surface area contributed by atoms with Gasteiger partial charge in [-0.05, 0) is 25.0 Å². The number of aromatic hydroxyl groups is 1. The highest BCUT2D eigenvalue weighted by molar-refractivity contribution is 5.98. The van der Waals surface area contributed by atoms with Gasteiger partial charge in [0, 0.05) is 25.1 Å². The molecule has 0 aliphatic carbocycles. The lowest BCUT2D eigenvalue weighted by Gasteiger charge is -2.17. The van der Waals surface area contributed by atoms with Crippen molar-refractivity contribution in [3.05, 3.63) is 33.9 Å². The van der Waals surface area contributed by atoms with Crippen LogP contribution in [-0.2, 0) is 4.74 Å². The Morgan fingerprint density at radius 2 is 2.33 bits per heavy atom. The van der Waals surface area contributed by atoms with Gasteiger partial charge in [0.2, 0.25) is 0 Å². The molecule has 2 rings (SSSR count). The molecule has 1 fully saturated rings. The van der Waals surface area contributed by atoms with E-state index in [1.54, 1.807) is 0 Å². The number of carbonyl (C=O) groups excluding carboxylic acids is 1. The standard InChI is InChI=1S/C14H18N2O5/c1-2-13-9(5-6-21-13)8-15-14(18)11-7-10(17)3-4-12(11)16(19)20/h3-4,7,9,13,17H,2,5-6,8H2,1H3,(H,15,18). The molecule has 0 spiro atoms. The Balaban J connectivity index is 2.06. The van der Waals surface area contributed by atoms with E-state index < -0.39 is 10.8 Å². The van der Waals surface area contributed by atoms with Crippen LogP contribution < -0.4 is 5.32 Å². The zero-order valence-corrected chi connectivity index (χ0v) is 11.7. The largest absolute Gasteiger partial charge is 0.508 e. The summed E-state index contributed by atoms with van der Waals surface area (Å²) in [6.45, 7) is 3.10. The number of phenolic OH excluding ortho intramolecular Hbond substituents is 1. The summed E-state index contributed by atoms with van der Waals surface area (Å²) in [6, 6.07) is 3.42. The van der Waals surface area contributed by atoms with Crippen LogP contribution in [0.5, 0.6) is 5.75 Å². The van der Waals surface area contributed by atoms with Crippen molar-refractivity contribution in [2.24, 2.45) is 5.92 Å². The summed E-state index contributed by atoms with van der Waals surface area (Å²) in [5.74, 6) is -0.518. The number of nitro groups is 1. The molecule has 21 heavy (non-hydrogen) atoms. The first-order chi connectivity index (χ1) is 10.0. The second-order valence-electron chi connectivity index (χ2n) is 5.03. The monoisotopic (exact) mass is 294 g/mol. The number of nitrogens with one attached hydrogen (secondary N) is 1. The molecule has 1 heterocycles. The molecule has 2 unspecified atom stereocenters. The first kappa shape index (κ1) is 15.2. The average Bonchev–Trinajstić information content (AvgIpc) is 2.91. The normalized spacial score (nSPS) is 21.2. The van der Waals surface area contributed by atoms with Crippen molar-refractivity contribution in [1.82, 2.24) is 5.32 Å². The molecule has 1 aromatic carbocycles. The van der Waals surface area contributed by atoms with Crippen LogP contribution in [0.1, 0.15) is 30.1 Å². The summed E-state index contributed by atoms with van der Waals surface area (Å²) in [5.41, 5.74) is -0.452. The van der Waals surface area contributed by atoms with Gasteiger partial charge in [0.25, 0.3) is 11.6 Å². The van der Waals surface area contributed by atoms with Gasteiger partial charge in [0.05, 0.1) is 11.0 Å². The Hall–Kier alpha value is -2.15. The van der Waals surface area contributed by atoms with Gasteiger partial charge in [-0.3, -0.25) is 14.9 Å². The number of amides is 1. The van der Waals surface area contributed by atoms with Gasteiger partial charge in [-0.2, -0.15) is 0 Å². The third-order valence-corrected chi connectivity index (χ3v) is 3.69. The van der Waals surface area contributed by atoms with Gasteiger partial charge in [0.1, 0.15) is 11.3 Å². The van der Waals surface area contributed by atoms with E-state index >= 15 is 0 Å². The predicted molar refractivity (Wildman–Crippen MR) is 75.2 cm³/mol. The van der Waals surface area contributed by atoms with Crippen molar-refractivity contribution >= 4 is 11.6 Å². The number of carbonyl (C=O) groups is 1. The molecular formula is C14H18N2O5. The van der Waals surface area contributed by atoms with Crippen LogP contribution in [-0.4, -0.2) is 35.2 Å². The summed E-state index contributed by atoms with van der Waals surface area (Å²) in [6.07, 6.45) is 1.85. The molecule has 0 aromatic heterocycles. The van der Waals surface area contributed by atoms with Gasteiger partial charge in [-0.15, -0.1) is 0 Å². The van der Waals surface area contributed by atoms with E-state index in [0.29, 0.717) is 13.2 Å². The average molecular weight is 294 g/mol. The summed E-state index contributed by atoms with van der Waals surface area (Å²) >= 11 is 0. The van der Waals surface area contributed by atoms with Gasteiger partial charge < -0.3 is 15.2 Å². The fourth-order valence-electron chi connectivity index (χ4n) is 2.56. The number of phenols is 1. The molecule has 2 atom stereocenters. The van der Waals surface area contributed by atoms with Gasteiger partial charge in [-0.1, -0.05) is 6.92 Å². The van der Waals surface area contributed by atoms with E-state index in [-0.39, 0.29) is 29.0 Å². The molecule has 1 aliphatic heterocycles. The van der Waals surface area contributed by atoms with E-state index in [4.69, 9.17) is 4.74 Å². The maximum absolute atomic E-state index is 12.1. The molecule has 0 bridgehead atoms. The number of hydrogen-bond donors (Lipinski definition) is 2. The molecule has 0 radical (unpaired) electrons. The number of rotatable bonds is 5. The van der Waals surface area contributed by atoms with Crippen LogP contribution in [0.3, 0.4) is 0 Å². The molecule has 7 nitrogen and oxygen atoms in total. The van der Waals surface area contributed by atoms with E-state index in [9.17, 15) is 20.0 Å². The number of hydrogen-bond acceptors (Lipinski definition) is 5. The third kappa shape index (κ3) is 3.49. The van der Waals surface area contributed by atoms with E-state index in [1.807, 2.05) is 6.92 Å². The Morgan fingerprint density at radius 3 is 3.00 bits per heavy atom. The Kier molecular flexibility index (Phi) is 4.74. The topological polar surface area (TPSA) is 102 Å². The second-order valence-corrected chi connectivity index (χ2v) is 5.03. The predicted octanol–water partition coefficient (Wildman–Crippen LogP) is 1.85. The van der Waals surface area contributed by atoms with E-state index in [0.717, 1.165) is 25.0 Å². The molecular weight excluding hydrogens is 276 g/mol. The number of benzene rings is 1. The van der Waals surface area contributed by atoms with Crippen LogP contribution in [0, 0.1) is 16.0 Å². The van der Waals surface area contributed by atoms with Crippen LogP contribution in [0.4, 0.5) is 5.69 Å². The Bertz CT molecular complexity index is 546. The summed E-state index contributed by atoms with van der Waals surface area (Å²) < 4.78 is 5.53. The highest BCUT2D eigenvalue weighted by Crippen LogP contribution is 2.25. The number of nitrogens with zero attached hydrogens (tertiary/aromatic N) is 1. The van der Waals surface area contributed by atoms with Gasteiger partial charge >= 0.3 is 0 Å². The third-order valence-electron chi connectivity index (χ3n) is 3.69. The Labute approximate surface area is 122 Å². The fraction of sp³-hybridized carbons (Fsp3) is 0.500. The van der Waals surface area contributed by atoms with Crippen LogP contribution >= 0.6 is 0 Å². The molecule has 2 N–H and O–H groups in total. The van der Waals surface area contributed by atoms with Crippen molar-refractivity contribution in [3.8, 4) is 5.75 Å². The first-order valence-corrected chi connectivity index (χ1v) is 6.90. The lowest BCUT2D eigenvalue weighted by Crippen LogP contribution is -2.33. The number of nitro benzene ring substituents is 1. The SMILES string of the molecule is CCC1OCCC1CNC(=O)c1cc(O)ccc1[N+](=O)[O-]. The summed E-state index contributed by atoms with van der Waals surface area (Å²) in [4.78, 5) is 22.4. The molecule has 114 valence electrons. The smallest absolute Gasteiger partial charge is 0.282 e. The molecule has 7 heteroatoms. The van der Waals surface area contributed by atoms with Crippen molar-refractivity contribution in [2.45, 2.75) is 25.9 Å². The minimum absolute atomic E-state index is 0.115. The zero-order valence-electron chi connectivity index (χ0n) is 11.7. The first-order valence-electron chi connectivity index (χ1n) is 6.90. The minimum atomic E-state index is -0.637. The Morgan fingerprint density at radius 1 is 1.57 bits per heavy atom. The molecule has 1 aliphatic rings. The van der Waals surface area contributed by atoms with Gasteiger partial charge in [-0.25, -0.2) is 0 Å². The zero-order chi connectivity index (χ0) is 15.4. The van der Waals surface area contributed by atoms with Crippen LogP contribution in [0.15, 0.2) is 18.2 Å². The molecule has 0 saturated carbocycles. The van der Waals surface area contributed by atoms with Crippen molar-refractivity contribution in [2.75, 3.05) is 13.2 Å². The lowest BCUT2D eigenvalue weighted by molar-refractivity contribution is -0.385. The maximum Gasteiger partial charge on any atom is 0.282 e. The highest BCUT2D eigenvalue weighted by Gasteiger charge is 2.28. The molecule has 1 amide bonds. The molecule has 1 saturated heterocycles. The van der Waals surface area contributed by atoms with Gasteiger partial charge in [0.15, 0.2) is 0 Å². The lowest BCUT2D eigenvalue weighted by atomic mass is 9.99. The minimum Gasteiger partial charge on any atom is -0.508 e. The quantitative estimate of drug-likeness (QED) is 0.637. The van der Waals surface area contributed by atoms with E-state index in [2.05, 4.69) is 5.32 Å². The highest BCUT2D eigenvalue weighted by atomic mass is 16.6. The van der Waals surface area contributed by atoms with E-state index in [1.165, 1.54) is 6.07 Å². The fourth-order valence-corrected chi connectivity index (χ4v) is 2.56. The van der Waals surface area contributed by atoms with Crippen LogP contribution in [0.25, 0.3) is 0 Å². The maximum atomic E-state index is 12.1. The second kappa shape index (κ2) is 6.53. The van der Waals surface area contributed by atoms with Crippen molar-refractivity contribution in [3.63, 3.8) is 0 Å². The van der Waals surface area contributed by atoms with Crippen molar-refractivity contribution < 1.29 is 19.6 Å². The number of ether oxygens (including phenoxy) is 1. The summed E-state index contributed by atoms with van der Waals surface area (Å²) in [7, 11) is 0. The van der Waals surface area contributed by atoms with Crippen molar-refractivity contribution in [1.29, 1.82) is 0 Å². The van der Waals surface area contributed by atoms with Crippen LogP contribution in [0.2, 0.25) is 0 Å². The summed E-state index contributed by atoms with van der Waals surface area (Å²) in [5, 5.41) is 23.0. The molecule has 1 aromatic rings.